The van der Waals surface area contributed by atoms with Crippen molar-refractivity contribution in [3.8, 4) is 0 Å². The third-order valence-corrected chi connectivity index (χ3v) is 4.95. The molecule has 2 N–H and O–H groups in total. The van der Waals surface area contributed by atoms with Gasteiger partial charge in [0, 0.05) is 6.54 Å². The Morgan fingerprint density at radius 3 is 2.44 bits per heavy atom. The van der Waals surface area contributed by atoms with E-state index in [9.17, 15) is 9.59 Å². The number of hydrogen-bond acceptors (Lipinski definition) is 4. The summed E-state index contributed by atoms with van der Waals surface area (Å²) in [7, 11) is 0. The summed E-state index contributed by atoms with van der Waals surface area (Å²) in [6, 6.07) is 12.1. The Bertz CT molecular complexity index is 779. The van der Waals surface area contributed by atoms with Gasteiger partial charge in [0.1, 0.15) is 11.5 Å². The Labute approximate surface area is 159 Å². The summed E-state index contributed by atoms with van der Waals surface area (Å²) < 4.78 is 5.36. The average molecular weight is 369 g/mol. The van der Waals surface area contributed by atoms with E-state index in [4.69, 9.17) is 4.42 Å². The molecule has 1 aliphatic rings. The molecule has 1 aliphatic heterocycles. The van der Waals surface area contributed by atoms with Crippen LogP contribution in [0.4, 0.5) is 0 Å². The maximum atomic E-state index is 12.3. The van der Waals surface area contributed by atoms with Gasteiger partial charge in [0.2, 0.25) is 5.91 Å². The number of likely N-dealkylation sites (tertiary alicyclic amines) is 1. The van der Waals surface area contributed by atoms with Gasteiger partial charge in [0.05, 0.1) is 18.2 Å². The van der Waals surface area contributed by atoms with Crippen LogP contribution < -0.4 is 10.6 Å². The fourth-order valence-corrected chi connectivity index (χ4v) is 3.57. The van der Waals surface area contributed by atoms with E-state index in [1.54, 1.807) is 19.9 Å². The van der Waals surface area contributed by atoms with Crippen LogP contribution in [0, 0.1) is 13.8 Å². The number of amides is 2. The zero-order chi connectivity index (χ0) is 19.2. The smallest absolute Gasteiger partial charge is 0.255 e. The largest absolute Gasteiger partial charge is 0.466 e. The number of carbonyl (C=O) groups is 2. The molecule has 1 aromatic heterocycles. The van der Waals surface area contributed by atoms with E-state index < -0.39 is 0 Å². The van der Waals surface area contributed by atoms with Gasteiger partial charge in [-0.15, -0.1) is 0 Å². The number of aryl methyl sites for hydroxylation is 2. The van der Waals surface area contributed by atoms with Crippen molar-refractivity contribution in [3.63, 3.8) is 0 Å². The molecule has 6 heteroatoms. The lowest BCUT2D eigenvalue weighted by Gasteiger charge is -2.28. The van der Waals surface area contributed by atoms with Gasteiger partial charge in [0.25, 0.3) is 5.91 Å². The zero-order valence-electron chi connectivity index (χ0n) is 16.0. The van der Waals surface area contributed by atoms with E-state index in [0.717, 1.165) is 13.1 Å². The minimum Gasteiger partial charge on any atom is -0.466 e. The molecular weight excluding hydrogens is 342 g/mol. The third-order valence-electron chi connectivity index (χ3n) is 4.95. The van der Waals surface area contributed by atoms with E-state index in [1.165, 1.54) is 18.4 Å². The van der Waals surface area contributed by atoms with Crippen LogP contribution in [-0.2, 0) is 4.79 Å². The monoisotopic (exact) mass is 369 g/mol. The summed E-state index contributed by atoms with van der Waals surface area (Å²) >= 11 is 0. The highest BCUT2D eigenvalue weighted by atomic mass is 16.3. The van der Waals surface area contributed by atoms with Crippen LogP contribution in [0.1, 0.15) is 46.3 Å². The molecule has 0 radical (unpaired) electrons. The number of hydrogen-bond donors (Lipinski definition) is 2. The van der Waals surface area contributed by atoms with Crippen molar-refractivity contribution in [3.05, 3.63) is 59.0 Å². The van der Waals surface area contributed by atoms with E-state index in [1.807, 2.05) is 18.2 Å². The van der Waals surface area contributed by atoms with Crippen molar-refractivity contribution in [2.45, 2.75) is 32.7 Å². The van der Waals surface area contributed by atoms with Gasteiger partial charge in [0.15, 0.2) is 0 Å². The quantitative estimate of drug-likeness (QED) is 0.787. The van der Waals surface area contributed by atoms with Gasteiger partial charge in [-0.05, 0) is 51.4 Å². The fraction of sp³-hybridized carbons (Fsp3) is 0.429. The number of nitrogens with zero attached hydrogens (tertiary/aromatic N) is 1. The molecule has 1 aromatic carbocycles. The summed E-state index contributed by atoms with van der Waals surface area (Å²) in [5.41, 5.74) is 1.67. The van der Waals surface area contributed by atoms with Gasteiger partial charge >= 0.3 is 0 Å². The van der Waals surface area contributed by atoms with Crippen molar-refractivity contribution in [1.82, 2.24) is 15.5 Å². The second kappa shape index (κ2) is 8.86. The van der Waals surface area contributed by atoms with Crippen LogP contribution >= 0.6 is 0 Å². The summed E-state index contributed by atoms with van der Waals surface area (Å²) in [6.07, 6.45) is 2.38. The Morgan fingerprint density at radius 2 is 1.81 bits per heavy atom. The lowest BCUT2D eigenvalue weighted by molar-refractivity contribution is -0.120. The Balaban J connectivity index is 1.53. The maximum Gasteiger partial charge on any atom is 0.255 e. The van der Waals surface area contributed by atoms with Crippen molar-refractivity contribution >= 4 is 11.8 Å². The fourth-order valence-electron chi connectivity index (χ4n) is 3.57. The molecule has 2 amide bonds. The van der Waals surface area contributed by atoms with E-state index >= 15 is 0 Å². The molecular formula is C21H27N3O3. The highest BCUT2D eigenvalue weighted by molar-refractivity contribution is 5.97. The minimum atomic E-state index is -0.293. The van der Waals surface area contributed by atoms with Gasteiger partial charge in [-0.2, -0.15) is 0 Å². The molecule has 2 heterocycles. The third kappa shape index (κ3) is 4.98. The van der Waals surface area contributed by atoms with Crippen LogP contribution in [0.25, 0.3) is 0 Å². The molecule has 0 saturated carbocycles. The first-order valence-corrected chi connectivity index (χ1v) is 9.45. The first-order valence-electron chi connectivity index (χ1n) is 9.45. The summed E-state index contributed by atoms with van der Waals surface area (Å²) in [5, 5.41) is 5.63. The first kappa shape index (κ1) is 19.2. The van der Waals surface area contributed by atoms with Crippen molar-refractivity contribution in [2.24, 2.45) is 0 Å². The minimum absolute atomic E-state index is 0.0516. The molecule has 2 aromatic rings. The SMILES string of the molecule is Cc1cc(C(=O)NCC(=O)NCC(c2ccccc2)N2CCCC2)c(C)o1. The number of benzene rings is 1. The van der Waals surface area contributed by atoms with Crippen LogP contribution in [-0.4, -0.2) is 42.9 Å². The standard InChI is InChI=1S/C21H27N3O3/c1-15-12-18(16(2)27-15)21(26)23-14-20(25)22-13-19(24-10-6-7-11-24)17-8-4-3-5-9-17/h3-5,8-9,12,19H,6-7,10-11,13-14H2,1-2H3,(H,22,25)(H,23,26). The Morgan fingerprint density at radius 1 is 1.11 bits per heavy atom. The van der Waals surface area contributed by atoms with Crippen molar-refractivity contribution in [1.29, 1.82) is 0 Å². The molecule has 1 unspecified atom stereocenters. The number of nitrogens with one attached hydrogen (secondary N) is 2. The number of rotatable bonds is 7. The molecule has 0 aliphatic carbocycles. The van der Waals surface area contributed by atoms with Crippen LogP contribution in [0.15, 0.2) is 40.8 Å². The lowest BCUT2D eigenvalue weighted by atomic mass is 10.1. The molecule has 1 fully saturated rings. The average Bonchev–Trinajstić information content (AvgIpc) is 3.30. The molecule has 3 rings (SSSR count). The number of furan rings is 1. The van der Waals surface area contributed by atoms with Crippen molar-refractivity contribution in [2.75, 3.05) is 26.2 Å². The molecule has 6 nitrogen and oxygen atoms in total. The molecule has 1 saturated heterocycles. The second-order valence-corrected chi connectivity index (χ2v) is 6.98. The first-order chi connectivity index (χ1) is 13.0. The van der Waals surface area contributed by atoms with Gasteiger partial charge in [-0.25, -0.2) is 0 Å². The van der Waals surface area contributed by atoms with Crippen LogP contribution in [0.5, 0.6) is 0 Å². The lowest BCUT2D eigenvalue weighted by Crippen LogP contribution is -2.41. The maximum absolute atomic E-state index is 12.3. The van der Waals surface area contributed by atoms with E-state index in [2.05, 4.69) is 27.7 Å². The molecule has 0 spiro atoms. The van der Waals surface area contributed by atoms with Gasteiger partial charge in [-0.1, -0.05) is 30.3 Å². The highest BCUT2D eigenvalue weighted by Crippen LogP contribution is 2.24. The molecule has 0 bridgehead atoms. The predicted molar refractivity (Wildman–Crippen MR) is 104 cm³/mol. The Kier molecular flexibility index (Phi) is 6.29. The second-order valence-electron chi connectivity index (χ2n) is 6.98. The summed E-state index contributed by atoms with van der Waals surface area (Å²) in [5.74, 6) is 0.752. The molecule has 27 heavy (non-hydrogen) atoms. The summed E-state index contributed by atoms with van der Waals surface area (Å²) in [4.78, 5) is 26.9. The highest BCUT2D eigenvalue weighted by Gasteiger charge is 2.24. The molecule has 144 valence electrons. The molecule has 1 atom stereocenters. The van der Waals surface area contributed by atoms with Crippen LogP contribution in [0.3, 0.4) is 0 Å². The normalized spacial score (nSPS) is 15.5. The van der Waals surface area contributed by atoms with Gasteiger partial charge < -0.3 is 15.1 Å². The van der Waals surface area contributed by atoms with Gasteiger partial charge in [-0.3, -0.25) is 14.5 Å². The van der Waals surface area contributed by atoms with E-state index in [-0.39, 0.29) is 24.4 Å². The predicted octanol–water partition coefficient (Wildman–Crippen LogP) is 2.58. The summed E-state index contributed by atoms with van der Waals surface area (Å²) in [6.45, 7) is 6.10. The topological polar surface area (TPSA) is 74.6 Å². The number of carbonyl (C=O) groups excluding carboxylic acids is 2. The van der Waals surface area contributed by atoms with Crippen LogP contribution in [0.2, 0.25) is 0 Å². The van der Waals surface area contributed by atoms with E-state index in [0.29, 0.717) is 23.6 Å². The zero-order valence-corrected chi connectivity index (χ0v) is 16.0. The Hall–Kier alpha value is -2.60. The van der Waals surface area contributed by atoms with Crippen molar-refractivity contribution < 1.29 is 14.0 Å².